The van der Waals surface area contributed by atoms with Crippen molar-refractivity contribution in [1.29, 1.82) is 0 Å². The second-order valence-electron chi connectivity index (χ2n) is 7.83. The van der Waals surface area contributed by atoms with E-state index in [0.717, 1.165) is 55.4 Å². The lowest BCUT2D eigenvalue weighted by atomic mass is 10.0. The van der Waals surface area contributed by atoms with Gasteiger partial charge in [-0.05, 0) is 42.3 Å². The number of nitrogens with zero attached hydrogens (tertiary/aromatic N) is 4. The molecule has 0 bridgehead atoms. The molecule has 1 saturated heterocycles. The zero-order valence-electron chi connectivity index (χ0n) is 17.5. The van der Waals surface area contributed by atoms with Crippen molar-refractivity contribution in [3.05, 3.63) is 77.7 Å². The molecule has 1 aromatic carbocycles. The third-order valence-electron chi connectivity index (χ3n) is 5.69. The normalized spacial score (nSPS) is 16.6. The Morgan fingerprint density at radius 2 is 1.93 bits per heavy atom. The number of rotatable bonds is 4. The van der Waals surface area contributed by atoms with E-state index in [1.807, 2.05) is 36.1 Å². The molecule has 2 aliphatic heterocycles. The average molecular weight is 407 g/mol. The second kappa shape index (κ2) is 8.69. The monoisotopic (exact) mass is 406 g/mol. The van der Waals surface area contributed by atoms with Gasteiger partial charge in [-0.2, -0.15) is 0 Å². The number of hydrogen-bond acceptors (Lipinski definition) is 4. The largest absolute Gasteiger partial charge is 0.355 e. The number of benzene rings is 1. The maximum Gasteiger partial charge on any atom is 0.219 e. The summed E-state index contributed by atoms with van der Waals surface area (Å²) in [6.07, 6.45) is 8.00. The van der Waals surface area contributed by atoms with Crippen LogP contribution in [0.5, 0.6) is 0 Å². The number of carbonyl (C=O) groups excluding carboxylic acids is 1. The van der Waals surface area contributed by atoms with Crippen molar-refractivity contribution < 1.29 is 9.18 Å². The lowest BCUT2D eigenvalue weighted by Crippen LogP contribution is -2.50. The Kier molecular flexibility index (Phi) is 5.84. The van der Waals surface area contributed by atoms with Crippen LogP contribution in [0.15, 0.2) is 60.6 Å². The van der Waals surface area contributed by atoms with Crippen LogP contribution in [0.4, 0.5) is 4.39 Å². The van der Waals surface area contributed by atoms with Gasteiger partial charge in [-0.3, -0.25) is 9.78 Å². The maximum absolute atomic E-state index is 14.9. The van der Waals surface area contributed by atoms with Crippen LogP contribution in [0.2, 0.25) is 0 Å². The Balaban J connectivity index is 1.48. The first-order valence-electron chi connectivity index (χ1n) is 10.3. The number of allylic oxidation sites excluding steroid dienone is 2. The van der Waals surface area contributed by atoms with Crippen molar-refractivity contribution in [2.75, 3.05) is 32.7 Å². The minimum Gasteiger partial charge on any atom is -0.355 e. The third kappa shape index (κ3) is 4.37. The number of carbonyl (C=O) groups is 1. The molecule has 1 fully saturated rings. The van der Waals surface area contributed by atoms with Crippen LogP contribution in [0.25, 0.3) is 11.1 Å². The van der Waals surface area contributed by atoms with E-state index in [2.05, 4.69) is 33.0 Å². The van der Waals surface area contributed by atoms with E-state index >= 15 is 0 Å². The van der Waals surface area contributed by atoms with Gasteiger partial charge in [0.05, 0.1) is 0 Å². The van der Waals surface area contributed by atoms with Crippen molar-refractivity contribution in [1.82, 2.24) is 19.7 Å². The summed E-state index contributed by atoms with van der Waals surface area (Å²) in [7, 11) is 0. The van der Waals surface area contributed by atoms with Crippen LogP contribution in [-0.4, -0.2) is 58.3 Å². The molecule has 0 N–H and O–H groups in total. The molecular weight excluding hydrogens is 379 g/mol. The lowest BCUT2D eigenvalue weighted by Gasteiger charge is -2.41. The summed E-state index contributed by atoms with van der Waals surface area (Å²) in [4.78, 5) is 22.2. The first-order chi connectivity index (χ1) is 14.5. The summed E-state index contributed by atoms with van der Waals surface area (Å²) in [5.74, 6) is 1.05. The van der Waals surface area contributed by atoms with Crippen LogP contribution >= 0.6 is 0 Å². The number of piperazine rings is 1. The van der Waals surface area contributed by atoms with Gasteiger partial charge in [0.2, 0.25) is 5.91 Å². The van der Waals surface area contributed by atoms with Gasteiger partial charge >= 0.3 is 0 Å². The van der Waals surface area contributed by atoms with Gasteiger partial charge in [0.15, 0.2) is 0 Å². The zero-order chi connectivity index (χ0) is 21.1. The molecule has 3 heterocycles. The molecule has 0 saturated carbocycles. The Morgan fingerprint density at radius 3 is 2.63 bits per heavy atom. The molecule has 0 atom stereocenters. The molecule has 5 nitrogen and oxygen atoms in total. The van der Waals surface area contributed by atoms with E-state index in [0.29, 0.717) is 12.1 Å². The van der Waals surface area contributed by atoms with Gasteiger partial charge in [0.25, 0.3) is 0 Å². The number of halogens is 1. The fraction of sp³-hybridized carbons (Fsp3) is 0.333. The van der Waals surface area contributed by atoms with E-state index in [1.54, 1.807) is 19.2 Å². The Bertz CT molecular complexity index is 992. The predicted octanol–water partition coefficient (Wildman–Crippen LogP) is 3.57. The SMILES string of the molecule is CC(=O)N1CCN(C2=CC=CCN2Cc2ccc(-c3ccnc(C)c3)c(F)c2)CC1. The highest BCUT2D eigenvalue weighted by Gasteiger charge is 2.24. The summed E-state index contributed by atoms with van der Waals surface area (Å²) in [5, 5.41) is 0. The van der Waals surface area contributed by atoms with Crippen LogP contribution in [0.3, 0.4) is 0 Å². The summed E-state index contributed by atoms with van der Waals surface area (Å²) >= 11 is 0. The number of aryl methyl sites for hydroxylation is 1. The van der Waals surface area contributed by atoms with Crippen molar-refractivity contribution in [2.45, 2.75) is 20.4 Å². The summed E-state index contributed by atoms with van der Waals surface area (Å²) < 4.78 is 14.9. The molecule has 2 aromatic rings. The lowest BCUT2D eigenvalue weighted by molar-refractivity contribution is -0.130. The quantitative estimate of drug-likeness (QED) is 0.778. The molecule has 4 rings (SSSR count). The highest BCUT2D eigenvalue weighted by atomic mass is 19.1. The highest BCUT2D eigenvalue weighted by Crippen LogP contribution is 2.26. The fourth-order valence-electron chi connectivity index (χ4n) is 4.07. The average Bonchev–Trinajstić information content (AvgIpc) is 2.74. The summed E-state index contributed by atoms with van der Waals surface area (Å²) in [5.41, 5.74) is 3.25. The molecule has 2 aliphatic rings. The van der Waals surface area contributed by atoms with Crippen LogP contribution < -0.4 is 0 Å². The Morgan fingerprint density at radius 1 is 1.13 bits per heavy atom. The topological polar surface area (TPSA) is 39.7 Å². The van der Waals surface area contributed by atoms with E-state index in [-0.39, 0.29) is 11.7 Å². The van der Waals surface area contributed by atoms with Gasteiger partial charge in [-0.25, -0.2) is 4.39 Å². The van der Waals surface area contributed by atoms with Gasteiger partial charge in [0.1, 0.15) is 11.6 Å². The molecule has 0 unspecified atom stereocenters. The van der Waals surface area contributed by atoms with E-state index in [1.165, 1.54) is 0 Å². The van der Waals surface area contributed by atoms with Gasteiger partial charge in [-0.15, -0.1) is 0 Å². The molecule has 1 amide bonds. The van der Waals surface area contributed by atoms with Crippen LogP contribution in [0, 0.1) is 12.7 Å². The Labute approximate surface area is 177 Å². The second-order valence-corrected chi connectivity index (χ2v) is 7.83. The number of pyridine rings is 1. The van der Waals surface area contributed by atoms with Gasteiger partial charge in [0, 0.05) is 63.6 Å². The van der Waals surface area contributed by atoms with Crippen LogP contribution in [-0.2, 0) is 11.3 Å². The number of amides is 1. The standard InChI is InChI=1S/C24H27FN4O/c1-18-15-21(8-9-26-18)22-7-6-20(16-23(22)25)17-29-10-4-3-5-24(29)28-13-11-27(12-14-28)19(2)30/h3-9,15-16H,10-14,17H2,1-2H3. The minimum absolute atomic E-state index is 0.129. The van der Waals surface area contributed by atoms with Crippen molar-refractivity contribution in [3.63, 3.8) is 0 Å². The van der Waals surface area contributed by atoms with E-state index in [4.69, 9.17) is 0 Å². The summed E-state index contributed by atoms with van der Waals surface area (Å²) in [6, 6.07) is 9.22. The number of aromatic nitrogens is 1. The van der Waals surface area contributed by atoms with E-state index in [9.17, 15) is 9.18 Å². The zero-order valence-corrected chi connectivity index (χ0v) is 17.5. The molecule has 0 radical (unpaired) electrons. The third-order valence-corrected chi connectivity index (χ3v) is 5.69. The first kappa shape index (κ1) is 20.1. The van der Waals surface area contributed by atoms with Crippen molar-refractivity contribution in [2.24, 2.45) is 0 Å². The Hall–Kier alpha value is -3.15. The maximum atomic E-state index is 14.9. The molecule has 0 spiro atoms. The van der Waals surface area contributed by atoms with Crippen molar-refractivity contribution in [3.8, 4) is 11.1 Å². The molecule has 156 valence electrons. The minimum atomic E-state index is -0.216. The molecule has 1 aromatic heterocycles. The molecule has 0 aliphatic carbocycles. The molecular formula is C24H27FN4O. The smallest absolute Gasteiger partial charge is 0.219 e. The van der Waals surface area contributed by atoms with E-state index < -0.39 is 0 Å². The van der Waals surface area contributed by atoms with Gasteiger partial charge < -0.3 is 14.7 Å². The molecule has 30 heavy (non-hydrogen) atoms. The highest BCUT2D eigenvalue weighted by molar-refractivity contribution is 5.73. The van der Waals surface area contributed by atoms with Crippen LogP contribution in [0.1, 0.15) is 18.2 Å². The fourth-order valence-corrected chi connectivity index (χ4v) is 4.07. The predicted molar refractivity (Wildman–Crippen MR) is 116 cm³/mol. The van der Waals surface area contributed by atoms with Crippen molar-refractivity contribution >= 4 is 5.91 Å². The first-order valence-corrected chi connectivity index (χ1v) is 10.3. The number of hydrogen-bond donors (Lipinski definition) is 0. The molecule has 6 heteroatoms. The van der Waals surface area contributed by atoms with Gasteiger partial charge in [-0.1, -0.05) is 24.3 Å². The summed E-state index contributed by atoms with van der Waals surface area (Å²) in [6.45, 7) is 8.04.